The predicted molar refractivity (Wildman–Crippen MR) is 101 cm³/mol. The fourth-order valence-corrected chi connectivity index (χ4v) is 3.38. The van der Waals surface area contributed by atoms with Crippen LogP contribution in [0.1, 0.15) is 47.0 Å². The van der Waals surface area contributed by atoms with Crippen LogP contribution in [-0.2, 0) is 9.47 Å². The molecule has 2 rings (SSSR count). The summed E-state index contributed by atoms with van der Waals surface area (Å²) in [5, 5.41) is 22.3. The van der Waals surface area contributed by atoms with Crippen molar-refractivity contribution in [2.45, 2.75) is 70.4 Å². The third kappa shape index (κ3) is 5.82. The van der Waals surface area contributed by atoms with Crippen LogP contribution in [-0.4, -0.2) is 60.1 Å². The van der Waals surface area contributed by atoms with Crippen molar-refractivity contribution in [3.8, 4) is 11.5 Å². The van der Waals surface area contributed by atoms with E-state index in [0.717, 1.165) is 17.9 Å². The Morgan fingerprint density at radius 3 is 2.00 bits per heavy atom. The third-order valence-corrected chi connectivity index (χ3v) is 5.60. The highest BCUT2D eigenvalue weighted by atomic mass is 32.1. The SMILES string of the molecule is CCC(C)(CCO)OCC1Oc2cscc2OC1COC(C)(C)CCO. The van der Waals surface area contributed by atoms with E-state index in [0.29, 0.717) is 26.1 Å². The summed E-state index contributed by atoms with van der Waals surface area (Å²) >= 11 is 1.53. The van der Waals surface area contributed by atoms with Crippen LogP contribution in [0.15, 0.2) is 10.8 Å². The molecule has 3 unspecified atom stereocenters. The van der Waals surface area contributed by atoms with Crippen molar-refractivity contribution in [1.29, 1.82) is 0 Å². The second kappa shape index (κ2) is 9.37. The fourth-order valence-electron chi connectivity index (χ4n) is 2.73. The van der Waals surface area contributed by atoms with Gasteiger partial charge in [-0.05, 0) is 40.0 Å². The average Bonchev–Trinajstić information content (AvgIpc) is 3.05. The first kappa shape index (κ1) is 21.4. The van der Waals surface area contributed by atoms with Gasteiger partial charge in [0.1, 0.15) is 0 Å². The van der Waals surface area contributed by atoms with Crippen molar-refractivity contribution in [2.75, 3.05) is 26.4 Å². The van der Waals surface area contributed by atoms with Gasteiger partial charge in [0, 0.05) is 24.0 Å². The van der Waals surface area contributed by atoms with Crippen LogP contribution in [0.25, 0.3) is 0 Å². The smallest absolute Gasteiger partial charge is 0.172 e. The zero-order valence-corrected chi connectivity index (χ0v) is 17.0. The number of rotatable bonds is 11. The van der Waals surface area contributed by atoms with Crippen LogP contribution in [0.4, 0.5) is 0 Å². The number of hydrogen-bond acceptors (Lipinski definition) is 7. The molecule has 0 saturated heterocycles. The Morgan fingerprint density at radius 2 is 1.50 bits per heavy atom. The molecule has 0 saturated carbocycles. The first-order chi connectivity index (χ1) is 12.3. The van der Waals surface area contributed by atoms with E-state index in [1.165, 1.54) is 11.3 Å². The van der Waals surface area contributed by atoms with Gasteiger partial charge in [-0.2, -0.15) is 0 Å². The maximum atomic E-state index is 9.27. The molecule has 3 atom stereocenters. The zero-order chi connectivity index (χ0) is 19.2. The molecule has 0 amide bonds. The molecule has 6 nitrogen and oxygen atoms in total. The Balaban J connectivity index is 2.02. The molecule has 1 aromatic rings. The Bertz CT molecular complexity index is 546. The normalized spacial score (nSPS) is 22.2. The zero-order valence-electron chi connectivity index (χ0n) is 16.2. The van der Waals surface area contributed by atoms with Gasteiger partial charge in [-0.3, -0.25) is 0 Å². The molecule has 7 heteroatoms. The van der Waals surface area contributed by atoms with Crippen molar-refractivity contribution >= 4 is 11.3 Å². The molecule has 1 aromatic heterocycles. The van der Waals surface area contributed by atoms with E-state index in [4.69, 9.17) is 24.1 Å². The second-order valence-electron chi connectivity index (χ2n) is 7.55. The highest BCUT2D eigenvalue weighted by Crippen LogP contribution is 2.38. The minimum atomic E-state index is -0.437. The standard InChI is InChI=1S/C19H32O6S/c1-5-19(4,7-9-21)23-11-15-14(10-22-18(2,3)6-8-20)24-16-12-26-13-17(16)25-15/h12-15,20-21H,5-11H2,1-4H3. The summed E-state index contributed by atoms with van der Waals surface area (Å²) in [7, 11) is 0. The fraction of sp³-hybridized carbons (Fsp3) is 0.789. The lowest BCUT2D eigenvalue weighted by molar-refractivity contribution is -0.131. The van der Waals surface area contributed by atoms with Gasteiger partial charge in [-0.1, -0.05) is 6.92 Å². The number of aliphatic hydroxyl groups is 2. The largest absolute Gasteiger partial charge is 0.479 e. The Morgan fingerprint density at radius 1 is 0.962 bits per heavy atom. The minimum absolute atomic E-state index is 0.0757. The van der Waals surface area contributed by atoms with Gasteiger partial charge in [-0.25, -0.2) is 0 Å². The second-order valence-corrected chi connectivity index (χ2v) is 8.29. The van der Waals surface area contributed by atoms with Gasteiger partial charge in [-0.15, -0.1) is 11.3 Å². The molecular formula is C19H32O6S. The van der Waals surface area contributed by atoms with E-state index in [2.05, 4.69) is 0 Å². The highest BCUT2D eigenvalue weighted by Gasteiger charge is 2.36. The van der Waals surface area contributed by atoms with E-state index >= 15 is 0 Å². The maximum Gasteiger partial charge on any atom is 0.172 e. The topological polar surface area (TPSA) is 77.4 Å². The van der Waals surface area contributed by atoms with Crippen molar-refractivity contribution in [3.05, 3.63) is 10.8 Å². The molecule has 0 spiro atoms. The summed E-state index contributed by atoms with van der Waals surface area (Å²) in [6, 6.07) is 0. The van der Waals surface area contributed by atoms with Crippen LogP contribution < -0.4 is 9.47 Å². The third-order valence-electron chi connectivity index (χ3n) is 4.90. The Hall–Kier alpha value is -0.860. The minimum Gasteiger partial charge on any atom is -0.479 e. The summed E-state index contributed by atoms with van der Waals surface area (Å²) in [4.78, 5) is 0. The van der Waals surface area contributed by atoms with Gasteiger partial charge < -0.3 is 29.2 Å². The number of hydrogen-bond donors (Lipinski definition) is 2. The van der Waals surface area contributed by atoms with Gasteiger partial charge in [0.05, 0.1) is 24.4 Å². The molecule has 150 valence electrons. The van der Waals surface area contributed by atoms with E-state index in [1.807, 2.05) is 38.5 Å². The quantitative estimate of drug-likeness (QED) is 0.607. The molecule has 1 aliphatic heterocycles. The van der Waals surface area contributed by atoms with Crippen LogP contribution >= 0.6 is 11.3 Å². The summed E-state index contributed by atoms with van der Waals surface area (Å²) in [5.41, 5.74) is -0.831. The molecule has 0 aromatic carbocycles. The van der Waals surface area contributed by atoms with Gasteiger partial charge >= 0.3 is 0 Å². The van der Waals surface area contributed by atoms with E-state index in [-0.39, 0.29) is 25.4 Å². The van der Waals surface area contributed by atoms with Crippen LogP contribution in [0.3, 0.4) is 0 Å². The first-order valence-electron chi connectivity index (χ1n) is 9.21. The van der Waals surface area contributed by atoms with Crippen molar-refractivity contribution in [3.63, 3.8) is 0 Å². The van der Waals surface area contributed by atoms with Gasteiger partial charge in [0.15, 0.2) is 23.7 Å². The van der Waals surface area contributed by atoms with Crippen molar-refractivity contribution in [1.82, 2.24) is 0 Å². The molecule has 1 aliphatic rings. The lowest BCUT2D eigenvalue weighted by atomic mass is 9.99. The van der Waals surface area contributed by atoms with E-state index < -0.39 is 11.2 Å². The van der Waals surface area contributed by atoms with Crippen LogP contribution in [0.2, 0.25) is 0 Å². The summed E-state index contributed by atoms with van der Waals surface area (Å²) in [6.07, 6.45) is 1.33. The highest BCUT2D eigenvalue weighted by molar-refractivity contribution is 7.08. The van der Waals surface area contributed by atoms with Gasteiger partial charge in [0.2, 0.25) is 0 Å². The van der Waals surface area contributed by atoms with Gasteiger partial charge in [0.25, 0.3) is 0 Å². The first-order valence-corrected chi connectivity index (χ1v) is 10.2. The average molecular weight is 389 g/mol. The molecule has 0 fully saturated rings. The summed E-state index contributed by atoms with van der Waals surface area (Å²) in [5.74, 6) is 1.46. The summed E-state index contributed by atoms with van der Waals surface area (Å²) < 4.78 is 24.3. The van der Waals surface area contributed by atoms with E-state index in [1.54, 1.807) is 0 Å². The Kier molecular flexibility index (Phi) is 7.73. The molecular weight excluding hydrogens is 356 g/mol. The number of aliphatic hydroxyl groups excluding tert-OH is 2. The predicted octanol–water partition coefficient (Wildman–Crippen LogP) is 3.00. The van der Waals surface area contributed by atoms with Crippen LogP contribution in [0, 0.1) is 0 Å². The summed E-state index contributed by atoms with van der Waals surface area (Å²) in [6.45, 7) is 8.80. The lowest BCUT2D eigenvalue weighted by Gasteiger charge is -2.37. The van der Waals surface area contributed by atoms with Crippen LogP contribution in [0.5, 0.6) is 11.5 Å². The molecule has 0 bridgehead atoms. The number of thiophene rings is 1. The monoisotopic (exact) mass is 388 g/mol. The molecule has 0 aliphatic carbocycles. The van der Waals surface area contributed by atoms with E-state index in [9.17, 15) is 5.11 Å². The maximum absolute atomic E-state index is 9.27. The lowest BCUT2D eigenvalue weighted by Crippen LogP contribution is -2.48. The molecule has 2 heterocycles. The molecule has 0 radical (unpaired) electrons. The number of ether oxygens (including phenoxy) is 4. The Labute approximate surface area is 160 Å². The van der Waals surface area contributed by atoms with Crippen molar-refractivity contribution in [2.24, 2.45) is 0 Å². The molecule has 2 N–H and O–H groups in total. The molecule has 26 heavy (non-hydrogen) atoms. The number of fused-ring (bicyclic) bond motifs is 1. The van der Waals surface area contributed by atoms with Crippen molar-refractivity contribution < 1.29 is 29.2 Å².